The zero-order chi connectivity index (χ0) is 15.5. The lowest BCUT2D eigenvalue weighted by atomic mass is 10.0. The highest BCUT2D eigenvalue weighted by Gasteiger charge is 2.30. The van der Waals surface area contributed by atoms with Gasteiger partial charge in [0.15, 0.2) is 0 Å². The fourth-order valence-corrected chi connectivity index (χ4v) is 2.29. The number of hydrogen-bond donors (Lipinski definition) is 1. The van der Waals surface area contributed by atoms with Gasteiger partial charge in [0.1, 0.15) is 4.60 Å². The first-order valence-corrected chi connectivity index (χ1v) is 7.17. The minimum Gasteiger partial charge on any atom is -0.305 e. The maximum Gasteiger partial charge on any atom is 0.416 e. The molecule has 0 aliphatic heterocycles. The second-order valence-corrected chi connectivity index (χ2v) is 5.49. The Morgan fingerprint density at radius 1 is 1.19 bits per heavy atom. The fraction of sp³-hybridized carbons (Fsp3) is 0.267. The van der Waals surface area contributed by atoms with Crippen LogP contribution in [0.5, 0.6) is 0 Å². The Morgan fingerprint density at radius 3 is 2.57 bits per heavy atom. The molecule has 0 radical (unpaired) electrons. The van der Waals surface area contributed by atoms with Crippen LogP contribution >= 0.6 is 15.9 Å². The number of pyridine rings is 1. The lowest BCUT2D eigenvalue weighted by molar-refractivity contribution is -0.137. The van der Waals surface area contributed by atoms with E-state index in [0.29, 0.717) is 12.1 Å². The van der Waals surface area contributed by atoms with E-state index in [1.165, 1.54) is 12.1 Å². The van der Waals surface area contributed by atoms with Crippen molar-refractivity contribution in [2.45, 2.75) is 25.7 Å². The summed E-state index contributed by atoms with van der Waals surface area (Å²) >= 11 is 3.28. The van der Waals surface area contributed by atoms with E-state index in [-0.39, 0.29) is 6.04 Å². The molecule has 0 saturated carbocycles. The first-order valence-electron chi connectivity index (χ1n) is 6.38. The van der Waals surface area contributed by atoms with Crippen LogP contribution in [0.3, 0.4) is 0 Å². The Hall–Kier alpha value is -1.40. The molecule has 1 unspecified atom stereocenters. The zero-order valence-electron chi connectivity index (χ0n) is 11.3. The molecule has 1 atom stereocenters. The van der Waals surface area contributed by atoms with Gasteiger partial charge >= 0.3 is 6.18 Å². The van der Waals surface area contributed by atoms with Crippen LogP contribution in [0.15, 0.2) is 47.1 Å². The van der Waals surface area contributed by atoms with Gasteiger partial charge in [0, 0.05) is 12.6 Å². The molecular weight excluding hydrogens is 345 g/mol. The van der Waals surface area contributed by atoms with E-state index in [9.17, 15) is 13.2 Å². The van der Waals surface area contributed by atoms with Crippen molar-refractivity contribution in [1.82, 2.24) is 10.3 Å². The molecule has 2 aromatic rings. The largest absolute Gasteiger partial charge is 0.416 e. The van der Waals surface area contributed by atoms with Crippen molar-refractivity contribution in [1.29, 1.82) is 0 Å². The fourth-order valence-electron chi connectivity index (χ4n) is 1.91. The Balaban J connectivity index is 2.05. The van der Waals surface area contributed by atoms with E-state index >= 15 is 0 Å². The summed E-state index contributed by atoms with van der Waals surface area (Å²) in [5, 5.41) is 3.17. The van der Waals surface area contributed by atoms with E-state index in [4.69, 9.17) is 0 Å². The normalized spacial score (nSPS) is 13.2. The van der Waals surface area contributed by atoms with Crippen LogP contribution in [0.4, 0.5) is 13.2 Å². The summed E-state index contributed by atoms with van der Waals surface area (Å²) in [6, 6.07) is 10.7. The number of nitrogens with zero attached hydrogens (tertiary/aromatic N) is 1. The Bertz CT molecular complexity index is 614. The summed E-state index contributed by atoms with van der Waals surface area (Å²) < 4.78 is 38.8. The van der Waals surface area contributed by atoms with E-state index in [0.717, 1.165) is 16.4 Å². The van der Waals surface area contributed by atoms with Crippen LogP contribution in [0.1, 0.15) is 29.8 Å². The summed E-state index contributed by atoms with van der Waals surface area (Å²) in [5.41, 5.74) is 0.789. The molecular formula is C15H14BrF3N2. The molecule has 0 saturated heterocycles. The van der Waals surface area contributed by atoms with Crippen LogP contribution in [0.2, 0.25) is 0 Å². The summed E-state index contributed by atoms with van der Waals surface area (Å²) in [4.78, 5) is 4.27. The number of benzene rings is 1. The third kappa shape index (κ3) is 4.54. The number of alkyl halides is 3. The average Bonchev–Trinajstić information content (AvgIpc) is 2.44. The van der Waals surface area contributed by atoms with Crippen LogP contribution < -0.4 is 5.32 Å². The first kappa shape index (κ1) is 16.0. The Kier molecular flexibility index (Phi) is 5.00. The molecule has 1 heterocycles. The van der Waals surface area contributed by atoms with Gasteiger partial charge in [-0.05, 0) is 52.7 Å². The highest BCUT2D eigenvalue weighted by molar-refractivity contribution is 9.10. The van der Waals surface area contributed by atoms with Gasteiger partial charge in [-0.1, -0.05) is 18.2 Å². The summed E-state index contributed by atoms with van der Waals surface area (Å²) in [5.74, 6) is 0. The van der Waals surface area contributed by atoms with Crippen molar-refractivity contribution in [3.8, 4) is 0 Å². The quantitative estimate of drug-likeness (QED) is 0.800. The van der Waals surface area contributed by atoms with Crippen LogP contribution in [0.25, 0.3) is 0 Å². The predicted octanol–water partition coefficient (Wildman–Crippen LogP) is 4.71. The van der Waals surface area contributed by atoms with Crippen molar-refractivity contribution in [2.75, 3.05) is 0 Å². The minimum atomic E-state index is -4.32. The topological polar surface area (TPSA) is 24.9 Å². The lowest BCUT2D eigenvalue weighted by Crippen LogP contribution is -2.19. The number of halogens is 4. The highest BCUT2D eigenvalue weighted by Crippen LogP contribution is 2.30. The Morgan fingerprint density at radius 2 is 1.90 bits per heavy atom. The van der Waals surface area contributed by atoms with Crippen molar-refractivity contribution in [3.63, 3.8) is 0 Å². The lowest BCUT2D eigenvalue weighted by Gasteiger charge is -2.16. The molecule has 112 valence electrons. The smallest absolute Gasteiger partial charge is 0.305 e. The van der Waals surface area contributed by atoms with Crippen LogP contribution in [-0.2, 0) is 12.7 Å². The molecule has 0 spiro atoms. The minimum absolute atomic E-state index is 0.201. The van der Waals surface area contributed by atoms with Gasteiger partial charge in [-0.3, -0.25) is 0 Å². The summed E-state index contributed by atoms with van der Waals surface area (Å²) in [6.07, 6.45) is -4.32. The van der Waals surface area contributed by atoms with Gasteiger partial charge in [-0.15, -0.1) is 0 Å². The molecule has 1 aromatic carbocycles. The predicted molar refractivity (Wildman–Crippen MR) is 78.6 cm³/mol. The van der Waals surface area contributed by atoms with Crippen LogP contribution in [-0.4, -0.2) is 4.98 Å². The third-order valence-electron chi connectivity index (χ3n) is 3.08. The van der Waals surface area contributed by atoms with E-state index in [1.54, 1.807) is 6.07 Å². The third-order valence-corrected chi connectivity index (χ3v) is 3.52. The standard InChI is InChI=1S/C15H14BrF3N2/c1-10(20-9-13-6-3-7-14(16)21-13)11-4-2-5-12(8-11)15(17,18)19/h2-8,10,20H,9H2,1H3. The number of aromatic nitrogens is 1. The Labute approximate surface area is 129 Å². The molecule has 2 nitrogen and oxygen atoms in total. The van der Waals surface area contributed by atoms with Crippen molar-refractivity contribution >= 4 is 15.9 Å². The summed E-state index contributed by atoms with van der Waals surface area (Å²) in [6.45, 7) is 2.31. The molecule has 2 rings (SSSR count). The maximum atomic E-state index is 12.7. The zero-order valence-corrected chi connectivity index (χ0v) is 12.9. The number of nitrogens with one attached hydrogen (secondary N) is 1. The van der Waals surface area contributed by atoms with Crippen molar-refractivity contribution < 1.29 is 13.2 Å². The van der Waals surface area contributed by atoms with Gasteiger partial charge in [0.05, 0.1) is 11.3 Å². The van der Waals surface area contributed by atoms with Gasteiger partial charge in [-0.25, -0.2) is 4.98 Å². The highest BCUT2D eigenvalue weighted by atomic mass is 79.9. The van der Waals surface area contributed by atoms with Gasteiger partial charge in [0.25, 0.3) is 0 Å². The molecule has 1 N–H and O–H groups in total. The number of rotatable bonds is 4. The van der Waals surface area contributed by atoms with Gasteiger partial charge < -0.3 is 5.32 Å². The van der Waals surface area contributed by atoms with Gasteiger partial charge in [-0.2, -0.15) is 13.2 Å². The molecule has 1 aromatic heterocycles. The van der Waals surface area contributed by atoms with E-state index < -0.39 is 11.7 Å². The monoisotopic (exact) mass is 358 g/mol. The molecule has 0 fully saturated rings. The SMILES string of the molecule is CC(NCc1cccc(Br)n1)c1cccc(C(F)(F)F)c1. The van der Waals surface area contributed by atoms with Crippen molar-refractivity contribution in [3.05, 3.63) is 63.9 Å². The van der Waals surface area contributed by atoms with E-state index in [2.05, 4.69) is 26.2 Å². The van der Waals surface area contributed by atoms with Gasteiger partial charge in [0.2, 0.25) is 0 Å². The molecule has 6 heteroatoms. The second-order valence-electron chi connectivity index (χ2n) is 4.68. The average molecular weight is 359 g/mol. The summed E-state index contributed by atoms with van der Waals surface area (Å²) in [7, 11) is 0. The molecule has 0 aliphatic rings. The number of hydrogen-bond acceptors (Lipinski definition) is 2. The molecule has 0 aliphatic carbocycles. The maximum absolute atomic E-state index is 12.7. The van der Waals surface area contributed by atoms with Crippen molar-refractivity contribution in [2.24, 2.45) is 0 Å². The molecule has 0 amide bonds. The molecule has 0 bridgehead atoms. The molecule has 21 heavy (non-hydrogen) atoms. The van der Waals surface area contributed by atoms with E-state index in [1.807, 2.05) is 25.1 Å². The first-order chi connectivity index (χ1) is 9.86. The second kappa shape index (κ2) is 6.58. The van der Waals surface area contributed by atoms with Crippen LogP contribution in [0, 0.1) is 0 Å².